The van der Waals surface area contributed by atoms with Crippen molar-refractivity contribution in [1.82, 2.24) is 0 Å². The van der Waals surface area contributed by atoms with Gasteiger partial charge in [0.15, 0.2) is 0 Å². The lowest BCUT2D eigenvalue weighted by Crippen LogP contribution is -2.59. The number of allylic oxidation sites excluding steroid dienone is 2. The second kappa shape index (κ2) is 8.83. The molecule has 0 bridgehead atoms. The molecule has 5 fully saturated rings. The molecule has 4 saturated carbocycles. The Hall–Kier alpha value is -0.390. The Labute approximate surface area is 215 Å². The maximum atomic E-state index is 11.8. The van der Waals surface area contributed by atoms with Crippen molar-refractivity contribution < 1.29 is 17.3 Å². The highest BCUT2D eigenvalue weighted by atomic mass is 32.2. The Bertz CT molecular complexity index is 942. The highest BCUT2D eigenvalue weighted by molar-refractivity contribution is 7.86. The minimum absolute atomic E-state index is 0.143. The van der Waals surface area contributed by atoms with Crippen LogP contribution in [0, 0.1) is 52.3 Å². The first-order valence-electron chi connectivity index (χ1n) is 14.6. The van der Waals surface area contributed by atoms with Crippen LogP contribution in [0.3, 0.4) is 0 Å². The largest absolute Gasteiger partial charge is 0.365 e. The molecular weight excluding hydrogens is 456 g/mol. The molecular formula is C30H50O4S. The van der Waals surface area contributed by atoms with Crippen molar-refractivity contribution in [2.24, 2.45) is 52.3 Å². The molecule has 1 spiro atoms. The SMILES string of the molecule is CC[C@H](C=C[C@@H](C)[C@H]1CC[C@H]2[C@@H]3C[C@@H]4O[C@@]45C[C@@H](OS(C)(=O)=O)CC[C@]5(C)[C@H]3CC[C@]12C)C(C)C. The first-order valence-corrected chi connectivity index (χ1v) is 16.4. The molecule has 0 amide bonds. The van der Waals surface area contributed by atoms with Crippen LogP contribution >= 0.6 is 0 Å². The van der Waals surface area contributed by atoms with Crippen molar-refractivity contribution >= 4 is 10.1 Å². The Balaban J connectivity index is 1.32. The Kier molecular flexibility index (Phi) is 6.62. The quantitative estimate of drug-likeness (QED) is 0.212. The van der Waals surface area contributed by atoms with Gasteiger partial charge in [-0.15, -0.1) is 0 Å². The molecule has 0 aromatic rings. The van der Waals surface area contributed by atoms with Crippen LogP contribution in [-0.4, -0.2) is 32.5 Å². The average molecular weight is 507 g/mol. The summed E-state index contributed by atoms with van der Waals surface area (Å²) >= 11 is 0. The molecule has 4 aliphatic carbocycles. The van der Waals surface area contributed by atoms with E-state index in [-0.39, 0.29) is 17.1 Å². The van der Waals surface area contributed by atoms with Crippen LogP contribution in [-0.2, 0) is 19.0 Å². The lowest BCUT2D eigenvalue weighted by atomic mass is 9.44. The zero-order chi connectivity index (χ0) is 25.4. The van der Waals surface area contributed by atoms with Crippen molar-refractivity contribution in [3.05, 3.63) is 12.2 Å². The second-order valence-corrected chi connectivity index (χ2v) is 15.6. The van der Waals surface area contributed by atoms with Gasteiger partial charge in [0, 0.05) is 11.8 Å². The van der Waals surface area contributed by atoms with E-state index in [1.165, 1.54) is 44.8 Å². The molecule has 4 nitrogen and oxygen atoms in total. The monoisotopic (exact) mass is 506 g/mol. The number of rotatable bonds is 7. The Morgan fingerprint density at radius 1 is 1.03 bits per heavy atom. The first-order chi connectivity index (χ1) is 16.3. The molecule has 35 heavy (non-hydrogen) atoms. The topological polar surface area (TPSA) is 55.9 Å². The van der Waals surface area contributed by atoms with Crippen molar-refractivity contribution in [2.75, 3.05) is 6.26 Å². The lowest BCUT2D eigenvalue weighted by molar-refractivity contribution is -0.112. The van der Waals surface area contributed by atoms with Gasteiger partial charge in [0.1, 0.15) is 5.60 Å². The minimum Gasteiger partial charge on any atom is -0.365 e. The highest BCUT2D eigenvalue weighted by Crippen LogP contribution is 2.74. The van der Waals surface area contributed by atoms with Crippen LogP contribution in [0.15, 0.2) is 12.2 Å². The molecule has 5 aliphatic rings. The van der Waals surface area contributed by atoms with E-state index in [4.69, 9.17) is 8.92 Å². The molecule has 1 heterocycles. The molecule has 200 valence electrons. The fourth-order valence-electron chi connectivity index (χ4n) is 10.2. The third-order valence-electron chi connectivity index (χ3n) is 12.0. The molecule has 11 atom stereocenters. The summed E-state index contributed by atoms with van der Waals surface area (Å²) in [7, 11) is -3.43. The van der Waals surface area contributed by atoms with E-state index in [2.05, 4.69) is 53.7 Å². The van der Waals surface area contributed by atoms with E-state index in [0.29, 0.717) is 35.2 Å². The third kappa shape index (κ3) is 4.18. The predicted molar refractivity (Wildman–Crippen MR) is 141 cm³/mol. The van der Waals surface area contributed by atoms with Crippen LogP contribution < -0.4 is 0 Å². The van der Waals surface area contributed by atoms with Gasteiger partial charge in [-0.1, -0.05) is 53.7 Å². The predicted octanol–water partition coefficient (Wildman–Crippen LogP) is 7.00. The normalized spacial score (nSPS) is 48.7. The van der Waals surface area contributed by atoms with Crippen molar-refractivity contribution in [3.63, 3.8) is 0 Å². The van der Waals surface area contributed by atoms with E-state index in [1.54, 1.807) is 0 Å². The third-order valence-corrected chi connectivity index (χ3v) is 12.7. The van der Waals surface area contributed by atoms with Crippen LogP contribution in [0.1, 0.15) is 99.3 Å². The van der Waals surface area contributed by atoms with Gasteiger partial charge >= 0.3 is 0 Å². The smallest absolute Gasteiger partial charge is 0.264 e. The van der Waals surface area contributed by atoms with Crippen LogP contribution in [0.5, 0.6) is 0 Å². The summed E-state index contributed by atoms with van der Waals surface area (Å²) in [6.45, 7) is 14.6. The Morgan fingerprint density at radius 2 is 1.77 bits per heavy atom. The molecule has 5 heteroatoms. The molecule has 1 aliphatic heterocycles. The van der Waals surface area contributed by atoms with Gasteiger partial charge < -0.3 is 4.74 Å². The van der Waals surface area contributed by atoms with E-state index < -0.39 is 10.1 Å². The molecule has 0 unspecified atom stereocenters. The fraction of sp³-hybridized carbons (Fsp3) is 0.933. The number of epoxide rings is 1. The first kappa shape index (κ1) is 26.2. The van der Waals surface area contributed by atoms with Gasteiger partial charge in [-0.05, 0) is 98.2 Å². The van der Waals surface area contributed by atoms with Crippen molar-refractivity contribution in [3.8, 4) is 0 Å². The van der Waals surface area contributed by atoms with E-state index >= 15 is 0 Å². The maximum absolute atomic E-state index is 11.8. The van der Waals surface area contributed by atoms with Gasteiger partial charge in [-0.2, -0.15) is 8.42 Å². The number of hydrogen-bond acceptors (Lipinski definition) is 4. The molecule has 0 aromatic carbocycles. The van der Waals surface area contributed by atoms with E-state index in [9.17, 15) is 8.42 Å². The molecule has 0 aromatic heterocycles. The summed E-state index contributed by atoms with van der Waals surface area (Å²) in [5, 5.41) is 0. The highest BCUT2D eigenvalue weighted by Gasteiger charge is 2.76. The molecule has 1 saturated heterocycles. The van der Waals surface area contributed by atoms with Gasteiger partial charge in [0.2, 0.25) is 0 Å². The number of fused-ring (bicyclic) bond motifs is 4. The summed E-state index contributed by atoms with van der Waals surface area (Å²) in [6.07, 6.45) is 16.8. The van der Waals surface area contributed by atoms with Crippen molar-refractivity contribution in [1.29, 1.82) is 0 Å². The van der Waals surface area contributed by atoms with Gasteiger partial charge in [-0.25, -0.2) is 0 Å². The molecule has 0 radical (unpaired) electrons. The average Bonchev–Trinajstić information content (AvgIpc) is 3.34. The summed E-state index contributed by atoms with van der Waals surface area (Å²) in [5.74, 6) is 5.10. The van der Waals surface area contributed by atoms with Crippen LogP contribution in [0.25, 0.3) is 0 Å². The minimum atomic E-state index is -3.43. The zero-order valence-electron chi connectivity index (χ0n) is 23.3. The Morgan fingerprint density at radius 3 is 2.43 bits per heavy atom. The summed E-state index contributed by atoms with van der Waals surface area (Å²) < 4.78 is 35.6. The lowest BCUT2D eigenvalue weighted by Gasteiger charge is -2.59. The van der Waals surface area contributed by atoms with Gasteiger partial charge in [0.05, 0.1) is 18.5 Å². The van der Waals surface area contributed by atoms with Crippen LogP contribution in [0.4, 0.5) is 0 Å². The van der Waals surface area contributed by atoms with E-state index in [1.807, 2.05) is 0 Å². The summed E-state index contributed by atoms with van der Waals surface area (Å²) in [5.41, 5.74) is 0.455. The maximum Gasteiger partial charge on any atom is 0.264 e. The molecule has 0 N–H and O–H groups in total. The summed E-state index contributed by atoms with van der Waals surface area (Å²) in [6, 6.07) is 0. The standard InChI is InChI=1S/C30H50O4S/c1-8-21(19(2)3)10-9-20(4)24-11-12-25-23-17-27-30(33-27)18-22(34-35(7,31)32)13-16-29(30,6)26(23)14-15-28(24,25)5/h9-10,19-27H,8,11-18H2,1-7H3/t20-,21-,22+,23+,24-,25+,26+,27+,28-,29-,30+/m1/s1. The second-order valence-electron chi connectivity index (χ2n) is 14.0. The van der Waals surface area contributed by atoms with Crippen molar-refractivity contribution in [2.45, 2.75) is 117 Å². The van der Waals surface area contributed by atoms with Gasteiger partial charge in [0.25, 0.3) is 10.1 Å². The number of ether oxygens (including phenoxy) is 1. The summed E-state index contributed by atoms with van der Waals surface area (Å²) in [4.78, 5) is 0. The number of hydrogen-bond donors (Lipinski definition) is 0. The fourth-order valence-corrected chi connectivity index (χ4v) is 10.8. The van der Waals surface area contributed by atoms with E-state index in [0.717, 1.165) is 37.0 Å². The zero-order valence-corrected chi connectivity index (χ0v) is 24.1. The van der Waals surface area contributed by atoms with Crippen LogP contribution in [0.2, 0.25) is 0 Å². The van der Waals surface area contributed by atoms with Gasteiger partial charge in [-0.3, -0.25) is 4.18 Å². The molecule has 5 rings (SSSR count).